The standard InChI is InChI=1S/C17H20BrN3O2/c1-12-8-16(23-2)6-7-20(12)17(22)13-4-3-5-15(9-13)21-11-14(18)10-19-21/h3-5,9-12,16H,6-8H2,1-2H3/t12-,16+/m1/s1. The van der Waals surface area contributed by atoms with E-state index in [9.17, 15) is 4.79 Å². The van der Waals surface area contributed by atoms with Crippen molar-refractivity contribution in [3.8, 4) is 5.69 Å². The molecule has 1 fully saturated rings. The zero-order chi connectivity index (χ0) is 16.4. The van der Waals surface area contributed by atoms with E-state index in [1.54, 1.807) is 18.0 Å². The Bertz CT molecular complexity index is 701. The van der Waals surface area contributed by atoms with Crippen molar-refractivity contribution in [1.29, 1.82) is 0 Å². The molecule has 2 aromatic rings. The van der Waals surface area contributed by atoms with Crippen LogP contribution in [0.5, 0.6) is 0 Å². The lowest BCUT2D eigenvalue weighted by molar-refractivity contribution is 0.0160. The molecule has 0 saturated carbocycles. The fraction of sp³-hybridized carbons (Fsp3) is 0.412. The summed E-state index contributed by atoms with van der Waals surface area (Å²) in [6.45, 7) is 2.81. The molecule has 6 heteroatoms. The van der Waals surface area contributed by atoms with E-state index >= 15 is 0 Å². The van der Waals surface area contributed by atoms with Crippen LogP contribution in [0.25, 0.3) is 5.69 Å². The van der Waals surface area contributed by atoms with E-state index in [1.807, 2.05) is 35.4 Å². The number of hydrogen-bond acceptors (Lipinski definition) is 3. The van der Waals surface area contributed by atoms with Gasteiger partial charge in [-0.1, -0.05) is 6.07 Å². The highest BCUT2D eigenvalue weighted by Crippen LogP contribution is 2.22. The number of rotatable bonds is 3. The molecule has 1 aromatic heterocycles. The topological polar surface area (TPSA) is 47.4 Å². The fourth-order valence-corrected chi connectivity index (χ4v) is 3.32. The van der Waals surface area contributed by atoms with Crippen molar-refractivity contribution in [3.05, 3.63) is 46.7 Å². The van der Waals surface area contributed by atoms with Crippen molar-refractivity contribution in [2.24, 2.45) is 0 Å². The van der Waals surface area contributed by atoms with Gasteiger partial charge in [-0.15, -0.1) is 0 Å². The number of benzene rings is 1. The Morgan fingerprint density at radius 3 is 2.91 bits per heavy atom. The van der Waals surface area contributed by atoms with Gasteiger partial charge >= 0.3 is 0 Å². The van der Waals surface area contributed by atoms with Gasteiger partial charge in [0.15, 0.2) is 0 Å². The van der Waals surface area contributed by atoms with Crippen LogP contribution in [0, 0.1) is 0 Å². The molecule has 0 unspecified atom stereocenters. The van der Waals surface area contributed by atoms with Gasteiger partial charge in [-0.05, 0) is 53.9 Å². The van der Waals surface area contributed by atoms with E-state index in [4.69, 9.17) is 4.74 Å². The number of hydrogen-bond donors (Lipinski definition) is 0. The molecule has 1 amide bonds. The number of carbonyl (C=O) groups excluding carboxylic acids is 1. The molecule has 0 spiro atoms. The molecule has 5 nitrogen and oxygen atoms in total. The largest absolute Gasteiger partial charge is 0.381 e. The molecule has 0 N–H and O–H groups in total. The van der Waals surface area contributed by atoms with Crippen LogP contribution in [-0.4, -0.2) is 46.4 Å². The molecule has 2 heterocycles. The molecule has 3 rings (SSSR count). The first-order valence-electron chi connectivity index (χ1n) is 7.73. The van der Waals surface area contributed by atoms with E-state index in [0.717, 1.165) is 29.5 Å². The Balaban J connectivity index is 1.80. The summed E-state index contributed by atoms with van der Waals surface area (Å²) < 4.78 is 8.08. The molecule has 1 saturated heterocycles. The predicted octanol–water partition coefficient (Wildman–Crippen LogP) is 3.27. The minimum atomic E-state index is 0.0696. The molecule has 0 radical (unpaired) electrons. The van der Waals surface area contributed by atoms with Crippen molar-refractivity contribution < 1.29 is 9.53 Å². The van der Waals surface area contributed by atoms with Crippen LogP contribution in [0.4, 0.5) is 0 Å². The third kappa shape index (κ3) is 3.48. The smallest absolute Gasteiger partial charge is 0.254 e. The van der Waals surface area contributed by atoms with Gasteiger partial charge in [0.2, 0.25) is 0 Å². The highest BCUT2D eigenvalue weighted by Gasteiger charge is 2.29. The SMILES string of the molecule is CO[C@H]1CCN(C(=O)c2cccc(-n3cc(Br)cn3)c2)[C@H](C)C1. The number of methoxy groups -OCH3 is 1. The Kier molecular flexibility index (Phi) is 4.82. The predicted molar refractivity (Wildman–Crippen MR) is 91.8 cm³/mol. The normalized spacial score (nSPS) is 21.4. The molecule has 1 aliphatic heterocycles. The number of carbonyl (C=O) groups is 1. The molecule has 122 valence electrons. The number of amides is 1. The quantitative estimate of drug-likeness (QED) is 0.824. The summed E-state index contributed by atoms with van der Waals surface area (Å²) in [4.78, 5) is 14.8. The highest BCUT2D eigenvalue weighted by atomic mass is 79.9. The third-order valence-corrected chi connectivity index (χ3v) is 4.74. The Morgan fingerprint density at radius 1 is 1.43 bits per heavy atom. The Labute approximate surface area is 144 Å². The lowest BCUT2D eigenvalue weighted by atomic mass is 9.99. The number of nitrogens with zero attached hydrogens (tertiary/aromatic N) is 3. The molecule has 0 aliphatic carbocycles. The van der Waals surface area contributed by atoms with Gasteiger partial charge in [-0.25, -0.2) is 4.68 Å². The van der Waals surface area contributed by atoms with Crippen molar-refractivity contribution in [2.45, 2.75) is 31.9 Å². The number of aromatic nitrogens is 2. The molecule has 0 bridgehead atoms. The van der Waals surface area contributed by atoms with Gasteiger partial charge in [0.05, 0.1) is 22.5 Å². The number of piperidine rings is 1. The van der Waals surface area contributed by atoms with Crippen molar-refractivity contribution >= 4 is 21.8 Å². The van der Waals surface area contributed by atoms with Crippen LogP contribution in [0.3, 0.4) is 0 Å². The second kappa shape index (κ2) is 6.84. The zero-order valence-electron chi connectivity index (χ0n) is 13.3. The zero-order valence-corrected chi connectivity index (χ0v) is 14.9. The average molecular weight is 378 g/mol. The van der Waals surface area contributed by atoms with E-state index in [0.29, 0.717) is 5.56 Å². The maximum Gasteiger partial charge on any atom is 0.254 e. The van der Waals surface area contributed by atoms with Crippen LogP contribution < -0.4 is 0 Å². The first-order valence-corrected chi connectivity index (χ1v) is 8.52. The first kappa shape index (κ1) is 16.2. The number of ether oxygens (including phenoxy) is 1. The summed E-state index contributed by atoms with van der Waals surface area (Å²) in [5.74, 6) is 0.0696. The Morgan fingerprint density at radius 2 is 2.26 bits per heavy atom. The van der Waals surface area contributed by atoms with Gasteiger partial charge < -0.3 is 9.64 Å². The molecular weight excluding hydrogens is 358 g/mol. The maximum absolute atomic E-state index is 12.8. The van der Waals surface area contributed by atoms with E-state index in [-0.39, 0.29) is 18.1 Å². The fourth-order valence-electron chi connectivity index (χ4n) is 3.03. The molecular formula is C17H20BrN3O2. The van der Waals surface area contributed by atoms with Gasteiger partial charge in [0, 0.05) is 31.5 Å². The lowest BCUT2D eigenvalue weighted by Gasteiger charge is -2.37. The summed E-state index contributed by atoms with van der Waals surface area (Å²) in [6.07, 6.45) is 5.62. The number of likely N-dealkylation sites (tertiary alicyclic amines) is 1. The summed E-state index contributed by atoms with van der Waals surface area (Å²) in [5.41, 5.74) is 1.57. The third-order valence-electron chi connectivity index (χ3n) is 4.33. The minimum Gasteiger partial charge on any atom is -0.381 e. The molecule has 1 aliphatic rings. The first-order chi connectivity index (χ1) is 11.1. The summed E-state index contributed by atoms with van der Waals surface area (Å²) in [6, 6.07) is 7.77. The van der Waals surface area contributed by atoms with Gasteiger partial charge in [-0.3, -0.25) is 4.79 Å². The van der Waals surface area contributed by atoms with Crippen LogP contribution in [0.15, 0.2) is 41.1 Å². The highest BCUT2D eigenvalue weighted by molar-refractivity contribution is 9.10. The van der Waals surface area contributed by atoms with Gasteiger partial charge in [0.1, 0.15) is 0 Å². The summed E-state index contributed by atoms with van der Waals surface area (Å²) in [5, 5.41) is 4.26. The molecule has 2 atom stereocenters. The number of halogens is 1. The van der Waals surface area contributed by atoms with Crippen LogP contribution in [0.1, 0.15) is 30.1 Å². The van der Waals surface area contributed by atoms with Crippen molar-refractivity contribution in [2.75, 3.05) is 13.7 Å². The summed E-state index contributed by atoms with van der Waals surface area (Å²) in [7, 11) is 1.74. The Hall–Kier alpha value is -1.66. The maximum atomic E-state index is 12.8. The van der Waals surface area contributed by atoms with Gasteiger partial charge in [-0.2, -0.15) is 5.10 Å². The van der Waals surface area contributed by atoms with E-state index in [1.165, 1.54) is 0 Å². The average Bonchev–Trinajstić information content (AvgIpc) is 3.01. The lowest BCUT2D eigenvalue weighted by Crippen LogP contribution is -2.46. The van der Waals surface area contributed by atoms with Crippen LogP contribution in [-0.2, 0) is 4.74 Å². The van der Waals surface area contributed by atoms with Crippen LogP contribution >= 0.6 is 15.9 Å². The molecule has 1 aromatic carbocycles. The van der Waals surface area contributed by atoms with Crippen molar-refractivity contribution in [3.63, 3.8) is 0 Å². The summed E-state index contributed by atoms with van der Waals surface area (Å²) >= 11 is 3.39. The van der Waals surface area contributed by atoms with E-state index < -0.39 is 0 Å². The van der Waals surface area contributed by atoms with E-state index in [2.05, 4.69) is 28.0 Å². The monoisotopic (exact) mass is 377 g/mol. The van der Waals surface area contributed by atoms with Crippen LogP contribution in [0.2, 0.25) is 0 Å². The van der Waals surface area contributed by atoms with Crippen molar-refractivity contribution in [1.82, 2.24) is 14.7 Å². The second-order valence-corrected chi connectivity index (χ2v) is 6.80. The molecule has 23 heavy (non-hydrogen) atoms. The minimum absolute atomic E-state index is 0.0696. The van der Waals surface area contributed by atoms with Gasteiger partial charge in [0.25, 0.3) is 5.91 Å². The second-order valence-electron chi connectivity index (χ2n) is 5.88.